The van der Waals surface area contributed by atoms with Gasteiger partial charge in [-0.3, -0.25) is 0 Å². The lowest BCUT2D eigenvalue weighted by atomic mass is 9.88. The topological polar surface area (TPSA) is 46.5 Å². The van der Waals surface area contributed by atoms with Crippen LogP contribution >= 0.6 is 0 Å². The fraction of sp³-hybridized carbons (Fsp3) is 0.0312. The van der Waals surface area contributed by atoms with E-state index < -0.39 is 5.97 Å². The van der Waals surface area contributed by atoms with Crippen molar-refractivity contribution in [1.29, 1.82) is 0 Å². The van der Waals surface area contributed by atoms with Gasteiger partial charge in [-0.05, 0) is 55.2 Å². The molecular formula is C32H22O3. The molecule has 35 heavy (non-hydrogen) atoms. The SMILES string of the molecule is COC(=O)/C(=C(\O)c1c2ccccc2cc2ccccc12)c1c2ccccc2cc2ccccc12. The van der Waals surface area contributed by atoms with Crippen LogP contribution < -0.4 is 0 Å². The van der Waals surface area contributed by atoms with Crippen molar-refractivity contribution in [2.24, 2.45) is 0 Å². The third kappa shape index (κ3) is 3.32. The summed E-state index contributed by atoms with van der Waals surface area (Å²) in [6.45, 7) is 0. The number of aliphatic hydroxyl groups is 1. The molecule has 1 N–H and O–H groups in total. The summed E-state index contributed by atoms with van der Waals surface area (Å²) in [5.74, 6) is -0.674. The fourth-order valence-electron chi connectivity index (χ4n) is 5.10. The van der Waals surface area contributed by atoms with Gasteiger partial charge in [0.15, 0.2) is 0 Å². The molecule has 6 rings (SSSR count). The van der Waals surface area contributed by atoms with E-state index >= 15 is 0 Å². The van der Waals surface area contributed by atoms with E-state index in [1.54, 1.807) is 0 Å². The highest BCUT2D eigenvalue weighted by atomic mass is 16.5. The zero-order valence-electron chi connectivity index (χ0n) is 19.2. The summed E-state index contributed by atoms with van der Waals surface area (Å²) < 4.78 is 5.27. The third-order valence-electron chi connectivity index (χ3n) is 6.66. The summed E-state index contributed by atoms with van der Waals surface area (Å²) in [4.78, 5) is 13.4. The van der Waals surface area contributed by atoms with Gasteiger partial charge in [0.25, 0.3) is 0 Å². The normalized spacial score (nSPS) is 12.3. The van der Waals surface area contributed by atoms with Crippen LogP contribution in [-0.2, 0) is 9.53 Å². The van der Waals surface area contributed by atoms with Gasteiger partial charge >= 0.3 is 5.97 Å². The summed E-state index contributed by atoms with van der Waals surface area (Å²) in [6.07, 6.45) is 0. The van der Waals surface area contributed by atoms with Crippen molar-refractivity contribution < 1.29 is 14.6 Å². The Balaban J connectivity index is 1.84. The van der Waals surface area contributed by atoms with Crippen LogP contribution in [0, 0.1) is 0 Å². The minimum absolute atomic E-state index is 0.0913. The quantitative estimate of drug-likeness (QED) is 0.0972. The predicted octanol–water partition coefficient (Wildman–Crippen LogP) is 7.90. The first-order valence-corrected chi connectivity index (χ1v) is 11.5. The highest BCUT2D eigenvalue weighted by Crippen LogP contribution is 2.40. The number of carbonyl (C=O) groups is 1. The first kappa shape index (κ1) is 20.9. The van der Waals surface area contributed by atoms with E-state index in [0.717, 1.165) is 43.1 Å². The molecule has 0 aliphatic heterocycles. The Morgan fingerprint density at radius 2 is 0.914 bits per heavy atom. The minimum atomic E-state index is -0.582. The highest BCUT2D eigenvalue weighted by Gasteiger charge is 2.26. The molecule has 168 valence electrons. The van der Waals surface area contributed by atoms with E-state index in [1.165, 1.54) is 7.11 Å². The van der Waals surface area contributed by atoms with Crippen LogP contribution in [0.4, 0.5) is 0 Å². The second-order valence-corrected chi connectivity index (χ2v) is 8.60. The maximum Gasteiger partial charge on any atom is 0.342 e. The Hall–Kier alpha value is -4.63. The molecule has 0 fully saturated rings. The molecule has 0 atom stereocenters. The monoisotopic (exact) mass is 454 g/mol. The number of methoxy groups -OCH3 is 1. The summed E-state index contributed by atoms with van der Waals surface area (Å²) in [5.41, 5.74) is 1.44. The summed E-state index contributed by atoms with van der Waals surface area (Å²) in [6, 6.07) is 35.9. The molecule has 3 nitrogen and oxygen atoms in total. The molecule has 0 spiro atoms. The van der Waals surface area contributed by atoms with Crippen LogP contribution in [0.1, 0.15) is 11.1 Å². The van der Waals surface area contributed by atoms with E-state index in [9.17, 15) is 9.90 Å². The molecule has 3 heteroatoms. The second kappa shape index (κ2) is 8.30. The zero-order valence-corrected chi connectivity index (χ0v) is 19.2. The minimum Gasteiger partial charge on any atom is -0.506 e. The van der Waals surface area contributed by atoms with Crippen LogP contribution in [-0.4, -0.2) is 18.2 Å². The van der Waals surface area contributed by atoms with Crippen molar-refractivity contribution in [1.82, 2.24) is 0 Å². The van der Waals surface area contributed by atoms with Gasteiger partial charge in [0.2, 0.25) is 0 Å². The lowest BCUT2D eigenvalue weighted by Crippen LogP contribution is -2.09. The average Bonchev–Trinajstić information content (AvgIpc) is 2.91. The van der Waals surface area contributed by atoms with Crippen molar-refractivity contribution in [3.63, 3.8) is 0 Å². The first-order valence-electron chi connectivity index (χ1n) is 11.5. The standard InChI is InChI=1S/C32H22O3/c1-35-32(34)30(28-24-14-6-2-10-20(24)18-21-11-3-7-15-25(21)28)31(33)29-26-16-8-4-12-22(26)19-23-13-5-9-17-27(23)29/h2-19,33H,1H3/b31-30-. The lowest BCUT2D eigenvalue weighted by Gasteiger charge is -2.18. The number of aliphatic hydroxyl groups excluding tert-OH is 1. The smallest absolute Gasteiger partial charge is 0.342 e. The molecule has 0 aliphatic carbocycles. The number of hydrogen-bond acceptors (Lipinski definition) is 3. The maximum absolute atomic E-state index is 13.4. The number of ether oxygens (including phenoxy) is 1. The maximum atomic E-state index is 13.4. The lowest BCUT2D eigenvalue weighted by molar-refractivity contribution is -0.133. The van der Waals surface area contributed by atoms with E-state index in [0.29, 0.717) is 11.1 Å². The molecule has 0 unspecified atom stereocenters. The molecule has 0 saturated carbocycles. The Morgan fingerprint density at radius 1 is 0.571 bits per heavy atom. The molecule has 0 radical (unpaired) electrons. The molecule has 6 aromatic rings. The number of carbonyl (C=O) groups excluding carboxylic acids is 1. The molecular weight excluding hydrogens is 432 g/mol. The summed E-state index contributed by atoms with van der Waals surface area (Å²) >= 11 is 0. The summed E-state index contributed by atoms with van der Waals surface area (Å²) in [5, 5.41) is 19.5. The van der Waals surface area contributed by atoms with Gasteiger partial charge in [0, 0.05) is 11.1 Å². The number of rotatable bonds is 3. The molecule has 0 aromatic heterocycles. The van der Waals surface area contributed by atoms with Crippen LogP contribution in [0.5, 0.6) is 0 Å². The molecule has 6 aromatic carbocycles. The van der Waals surface area contributed by atoms with Gasteiger partial charge in [0.1, 0.15) is 11.3 Å². The fourth-order valence-corrected chi connectivity index (χ4v) is 5.10. The number of benzene rings is 6. The molecule has 0 heterocycles. The van der Waals surface area contributed by atoms with Crippen molar-refractivity contribution in [2.75, 3.05) is 7.11 Å². The van der Waals surface area contributed by atoms with Crippen molar-refractivity contribution in [3.8, 4) is 0 Å². The van der Waals surface area contributed by atoms with Gasteiger partial charge < -0.3 is 9.84 Å². The predicted molar refractivity (Wildman–Crippen MR) is 144 cm³/mol. The molecule has 0 amide bonds. The number of esters is 1. The van der Waals surface area contributed by atoms with Gasteiger partial charge in [0.05, 0.1) is 7.11 Å². The summed E-state index contributed by atoms with van der Waals surface area (Å²) in [7, 11) is 1.35. The molecule has 0 saturated heterocycles. The van der Waals surface area contributed by atoms with E-state index in [4.69, 9.17) is 4.74 Å². The van der Waals surface area contributed by atoms with Crippen LogP contribution in [0.25, 0.3) is 54.4 Å². The zero-order chi connectivity index (χ0) is 23.9. The Kier molecular flexibility index (Phi) is 4.97. The largest absolute Gasteiger partial charge is 0.506 e. The van der Waals surface area contributed by atoms with E-state index in [1.807, 2.05) is 97.1 Å². The number of fused-ring (bicyclic) bond motifs is 4. The first-order chi connectivity index (χ1) is 17.2. The van der Waals surface area contributed by atoms with E-state index in [-0.39, 0.29) is 11.3 Å². The second-order valence-electron chi connectivity index (χ2n) is 8.60. The van der Waals surface area contributed by atoms with Crippen molar-refractivity contribution in [3.05, 3.63) is 120 Å². The van der Waals surface area contributed by atoms with Gasteiger partial charge in [-0.1, -0.05) is 97.1 Å². The number of hydrogen-bond donors (Lipinski definition) is 1. The van der Waals surface area contributed by atoms with Crippen LogP contribution in [0.15, 0.2) is 109 Å². The molecule has 0 aliphatic rings. The van der Waals surface area contributed by atoms with Gasteiger partial charge in [-0.25, -0.2) is 4.79 Å². The third-order valence-corrected chi connectivity index (χ3v) is 6.66. The van der Waals surface area contributed by atoms with Crippen LogP contribution in [0.3, 0.4) is 0 Å². The Bertz CT molecular complexity index is 1700. The Labute approximate surface area is 202 Å². The van der Waals surface area contributed by atoms with E-state index in [2.05, 4.69) is 12.1 Å². The highest BCUT2D eigenvalue weighted by molar-refractivity contribution is 6.32. The van der Waals surface area contributed by atoms with Gasteiger partial charge in [-0.15, -0.1) is 0 Å². The van der Waals surface area contributed by atoms with Crippen molar-refractivity contribution in [2.45, 2.75) is 0 Å². The average molecular weight is 455 g/mol. The van der Waals surface area contributed by atoms with Gasteiger partial charge in [-0.2, -0.15) is 0 Å². The van der Waals surface area contributed by atoms with Crippen LogP contribution in [0.2, 0.25) is 0 Å². The van der Waals surface area contributed by atoms with Crippen molar-refractivity contribution >= 4 is 60.4 Å². The Morgan fingerprint density at radius 3 is 1.29 bits per heavy atom. The molecule has 0 bridgehead atoms.